The maximum Gasteiger partial charge on any atom is 0.534 e. The Hall–Kier alpha value is -5.75. The Morgan fingerprint density at radius 2 is 1.76 bits per heavy atom. The fraction of sp³-hybridized carbons (Fsp3) is 0.355. The van der Waals surface area contributed by atoms with Gasteiger partial charge >= 0.3 is 18.2 Å². The standard InChI is InChI=1S/C19H25N7O5.C12H10ClNO5/c1-25-14-7-3-2-5-12(14)23-18(25)21-8-4-6-13-16(28)26(19(31)24-13)10-15(27)22-9-11(20)17(29)30;13-9-4-2-1-3-8(9)7-18-12(17)19-14-10(15)5-6-11(14)16/h2-3,5,7,11,13H,4,6,8-10,20H2,1H3,(H,21,23)(H,22,27)(H,24,31)(H,29,30);1-4H,5-7H2/t11-,13-;/m0./s1. The van der Waals surface area contributed by atoms with Crippen LogP contribution in [-0.2, 0) is 47.2 Å². The molecule has 266 valence electrons. The third kappa shape index (κ3) is 9.66. The van der Waals surface area contributed by atoms with Crippen LogP contribution in [0.5, 0.6) is 0 Å². The molecular formula is C31H35ClN8O10. The molecule has 50 heavy (non-hydrogen) atoms. The van der Waals surface area contributed by atoms with Gasteiger partial charge in [0.2, 0.25) is 11.9 Å². The number of benzene rings is 2. The molecule has 6 amide bonds. The topological polar surface area (TPSA) is 245 Å². The maximum atomic E-state index is 12.4. The van der Waals surface area contributed by atoms with Crippen molar-refractivity contribution in [1.29, 1.82) is 0 Å². The van der Waals surface area contributed by atoms with Crippen molar-refractivity contribution in [2.24, 2.45) is 12.8 Å². The molecule has 3 heterocycles. The van der Waals surface area contributed by atoms with Gasteiger partial charge in [-0.2, -0.15) is 0 Å². The van der Waals surface area contributed by atoms with Crippen LogP contribution >= 0.6 is 11.6 Å². The SMILES string of the molecule is Cn1c(NCCC[C@@H]2NC(=O)N(CC(=O)NC[C@H](N)C(=O)O)C2=O)nc2ccccc21.O=C(OCc1ccccc1Cl)ON1C(=O)CCC1=O. The molecule has 19 heteroatoms. The van der Waals surface area contributed by atoms with Gasteiger partial charge in [-0.05, 0) is 31.0 Å². The highest BCUT2D eigenvalue weighted by molar-refractivity contribution is 6.31. The van der Waals surface area contributed by atoms with Crippen LogP contribution in [0, 0.1) is 0 Å². The lowest BCUT2D eigenvalue weighted by Gasteiger charge is -2.14. The monoisotopic (exact) mass is 714 g/mol. The zero-order chi connectivity index (χ0) is 36.4. The number of nitrogens with two attached hydrogens (primary N) is 1. The number of imide groups is 2. The van der Waals surface area contributed by atoms with E-state index in [4.69, 9.17) is 27.2 Å². The Morgan fingerprint density at radius 3 is 2.44 bits per heavy atom. The van der Waals surface area contributed by atoms with Gasteiger partial charge in [-0.1, -0.05) is 47.0 Å². The zero-order valence-electron chi connectivity index (χ0n) is 26.8. The number of halogens is 1. The number of hydroxylamine groups is 2. The van der Waals surface area contributed by atoms with Crippen molar-refractivity contribution in [2.75, 3.05) is 25.0 Å². The summed E-state index contributed by atoms with van der Waals surface area (Å²) in [6.45, 7) is -0.347. The van der Waals surface area contributed by atoms with Crippen molar-refractivity contribution in [3.63, 3.8) is 0 Å². The van der Waals surface area contributed by atoms with Crippen molar-refractivity contribution in [3.05, 3.63) is 59.1 Å². The van der Waals surface area contributed by atoms with Gasteiger partial charge in [0.15, 0.2) is 0 Å². The number of hydrogen-bond acceptors (Lipinski definition) is 12. The largest absolute Gasteiger partial charge is 0.534 e. The van der Waals surface area contributed by atoms with E-state index in [9.17, 15) is 33.6 Å². The third-order valence-corrected chi connectivity index (χ3v) is 7.83. The first kappa shape index (κ1) is 37.1. The summed E-state index contributed by atoms with van der Waals surface area (Å²) in [6, 6.07) is 11.9. The highest BCUT2D eigenvalue weighted by Crippen LogP contribution is 2.19. The smallest absolute Gasteiger partial charge is 0.480 e. The number of amides is 6. The number of urea groups is 1. The quantitative estimate of drug-likeness (QED) is 0.0726. The first-order valence-corrected chi connectivity index (χ1v) is 15.7. The van der Waals surface area contributed by atoms with Crippen molar-refractivity contribution in [3.8, 4) is 0 Å². The molecule has 2 fully saturated rings. The van der Waals surface area contributed by atoms with Crippen molar-refractivity contribution in [1.82, 2.24) is 30.1 Å². The maximum absolute atomic E-state index is 12.4. The van der Waals surface area contributed by atoms with E-state index >= 15 is 0 Å². The van der Waals surface area contributed by atoms with E-state index in [0.29, 0.717) is 41.0 Å². The second-order valence-electron chi connectivity index (χ2n) is 11.0. The Kier molecular flexibility index (Phi) is 12.7. The van der Waals surface area contributed by atoms with Crippen LogP contribution in [-0.4, -0.2) is 98.1 Å². The average Bonchev–Trinajstić information content (AvgIpc) is 3.68. The number of para-hydroxylation sites is 2. The summed E-state index contributed by atoms with van der Waals surface area (Å²) in [5.74, 6) is -2.82. The molecule has 2 aromatic carbocycles. The number of ether oxygens (including phenoxy) is 1. The average molecular weight is 715 g/mol. The first-order chi connectivity index (χ1) is 23.8. The lowest BCUT2D eigenvalue weighted by molar-refractivity contribution is -0.177. The number of rotatable bonds is 13. The van der Waals surface area contributed by atoms with Crippen LogP contribution in [0.3, 0.4) is 0 Å². The van der Waals surface area contributed by atoms with Crippen LogP contribution in [0.25, 0.3) is 11.0 Å². The first-order valence-electron chi connectivity index (χ1n) is 15.3. The van der Waals surface area contributed by atoms with E-state index in [0.717, 1.165) is 15.9 Å². The van der Waals surface area contributed by atoms with Gasteiger partial charge in [-0.25, -0.2) is 14.6 Å². The lowest BCUT2D eigenvalue weighted by atomic mass is 10.1. The predicted molar refractivity (Wildman–Crippen MR) is 175 cm³/mol. The van der Waals surface area contributed by atoms with Gasteiger partial charge in [0.25, 0.3) is 17.7 Å². The van der Waals surface area contributed by atoms with Gasteiger partial charge < -0.3 is 36.1 Å². The fourth-order valence-corrected chi connectivity index (χ4v) is 4.94. The van der Waals surface area contributed by atoms with Gasteiger partial charge in [0, 0.05) is 43.6 Å². The van der Waals surface area contributed by atoms with Crippen LogP contribution in [0.1, 0.15) is 31.2 Å². The van der Waals surface area contributed by atoms with Crippen molar-refractivity contribution in [2.45, 2.75) is 44.4 Å². The van der Waals surface area contributed by atoms with Crippen LogP contribution in [0.15, 0.2) is 48.5 Å². The number of carbonyl (C=O) groups excluding carboxylic acids is 6. The minimum atomic E-state index is -1.26. The molecule has 0 unspecified atom stereocenters. The minimum Gasteiger partial charge on any atom is -0.480 e. The second-order valence-corrected chi connectivity index (χ2v) is 11.4. The number of carboxylic acid groups (broad SMARTS) is 1. The number of aliphatic carboxylic acids is 1. The van der Waals surface area contributed by atoms with Gasteiger partial charge in [-0.3, -0.25) is 33.7 Å². The highest BCUT2D eigenvalue weighted by atomic mass is 35.5. The van der Waals surface area contributed by atoms with Crippen LogP contribution in [0.4, 0.5) is 15.5 Å². The number of aryl methyl sites for hydroxylation is 1. The number of nitrogens with one attached hydrogen (secondary N) is 3. The zero-order valence-corrected chi connectivity index (χ0v) is 27.6. The Morgan fingerprint density at radius 1 is 1.08 bits per heavy atom. The molecule has 0 bridgehead atoms. The molecule has 1 aromatic heterocycles. The summed E-state index contributed by atoms with van der Waals surface area (Å²) < 4.78 is 6.71. The number of nitrogens with zero attached hydrogens (tertiary/aromatic N) is 4. The Labute approximate surface area is 289 Å². The van der Waals surface area contributed by atoms with Gasteiger partial charge in [0.1, 0.15) is 25.2 Å². The number of aromatic nitrogens is 2. The summed E-state index contributed by atoms with van der Waals surface area (Å²) in [4.78, 5) is 90.6. The van der Waals surface area contributed by atoms with Crippen molar-refractivity contribution >= 4 is 70.4 Å². The summed E-state index contributed by atoms with van der Waals surface area (Å²) in [6.07, 6.45) is -0.0620. The van der Waals surface area contributed by atoms with Crippen LogP contribution in [0.2, 0.25) is 5.02 Å². The number of carbonyl (C=O) groups is 7. The number of imidazole rings is 1. The summed E-state index contributed by atoms with van der Waals surface area (Å²) in [7, 11) is 1.91. The van der Waals surface area contributed by atoms with E-state index < -0.39 is 60.4 Å². The molecule has 2 aliphatic rings. The molecule has 0 saturated carbocycles. The van der Waals surface area contributed by atoms with Gasteiger partial charge in [0.05, 0.1) is 11.0 Å². The number of anilines is 1. The van der Waals surface area contributed by atoms with E-state index in [2.05, 4.69) is 25.8 Å². The minimum absolute atomic E-state index is 0.0383. The lowest BCUT2D eigenvalue weighted by Crippen LogP contribution is -2.46. The normalized spacial score (nSPS) is 16.1. The molecule has 5 rings (SSSR count). The third-order valence-electron chi connectivity index (χ3n) is 7.46. The van der Waals surface area contributed by atoms with Crippen molar-refractivity contribution < 1.29 is 48.2 Å². The van der Waals surface area contributed by atoms with E-state index in [1.54, 1.807) is 24.3 Å². The number of fused-ring (bicyclic) bond motifs is 1. The molecule has 2 aliphatic heterocycles. The van der Waals surface area contributed by atoms with E-state index in [1.165, 1.54) is 0 Å². The van der Waals surface area contributed by atoms with Crippen LogP contribution < -0.4 is 21.7 Å². The molecule has 3 aromatic rings. The molecule has 6 N–H and O–H groups in total. The second kappa shape index (κ2) is 17.1. The highest BCUT2D eigenvalue weighted by Gasteiger charge is 2.38. The van der Waals surface area contributed by atoms with Gasteiger partial charge in [-0.15, -0.1) is 0 Å². The summed E-state index contributed by atoms with van der Waals surface area (Å²) >= 11 is 5.87. The molecule has 2 saturated heterocycles. The molecule has 0 radical (unpaired) electrons. The molecule has 2 atom stereocenters. The summed E-state index contributed by atoms with van der Waals surface area (Å²) in [5, 5.41) is 17.7. The fourth-order valence-electron chi connectivity index (χ4n) is 4.75. The summed E-state index contributed by atoms with van der Waals surface area (Å²) in [5.41, 5.74) is 7.78. The number of hydrogen-bond donors (Lipinski definition) is 5. The Bertz CT molecular complexity index is 1770. The molecule has 0 spiro atoms. The molecular weight excluding hydrogens is 680 g/mol. The predicted octanol–water partition coefficient (Wildman–Crippen LogP) is 1.27. The number of carboxylic acids is 1. The Balaban J connectivity index is 0.000000252. The molecule has 18 nitrogen and oxygen atoms in total. The molecule has 0 aliphatic carbocycles. The van der Waals surface area contributed by atoms with E-state index in [1.807, 2.05) is 35.9 Å². The van der Waals surface area contributed by atoms with E-state index in [-0.39, 0.29) is 26.0 Å².